The maximum absolute atomic E-state index is 12.5. The molecule has 0 bridgehead atoms. The van der Waals surface area contributed by atoms with Crippen molar-refractivity contribution in [2.75, 3.05) is 51.0 Å². The van der Waals surface area contributed by atoms with Crippen LogP contribution >= 0.6 is 11.6 Å². The van der Waals surface area contributed by atoms with Crippen molar-refractivity contribution in [3.05, 3.63) is 41.3 Å². The van der Waals surface area contributed by atoms with Gasteiger partial charge < -0.3 is 29.4 Å². The minimum absolute atomic E-state index is 0.0945. The molecule has 1 amide bonds. The molecule has 1 saturated heterocycles. The van der Waals surface area contributed by atoms with Gasteiger partial charge in [-0.2, -0.15) is 4.98 Å². The molecule has 1 aromatic carbocycles. The Bertz CT molecular complexity index is 1140. The number of hydrogen-bond donors (Lipinski definition) is 1. The highest BCUT2D eigenvalue weighted by molar-refractivity contribution is 6.28. The molecule has 2 N–H and O–H groups in total. The van der Waals surface area contributed by atoms with Gasteiger partial charge in [0.2, 0.25) is 11.9 Å². The average Bonchev–Trinajstić information content (AvgIpc) is 3.21. The number of benzene rings is 1. The molecule has 162 valence electrons. The Balaban J connectivity index is 1.46. The molecule has 1 aliphatic heterocycles. The number of rotatable bonds is 5. The predicted molar refractivity (Wildman–Crippen MR) is 119 cm³/mol. The largest absolute Gasteiger partial charge is 0.493 e. The van der Waals surface area contributed by atoms with Gasteiger partial charge in [-0.3, -0.25) is 4.79 Å². The molecule has 1 fully saturated rings. The van der Waals surface area contributed by atoms with E-state index in [-0.39, 0.29) is 11.1 Å². The summed E-state index contributed by atoms with van der Waals surface area (Å²) in [6.07, 6.45) is 3.09. The molecule has 9 nitrogen and oxygen atoms in total. The fourth-order valence-corrected chi connectivity index (χ4v) is 3.56. The number of fused-ring (bicyclic) bond motifs is 1. The predicted octanol–water partition coefficient (Wildman–Crippen LogP) is 2.84. The summed E-state index contributed by atoms with van der Waals surface area (Å²) in [6.45, 7) is 2.25. The second kappa shape index (κ2) is 8.73. The number of piperazine rings is 1. The zero-order chi connectivity index (χ0) is 22.0. The number of nitrogen functional groups attached to an aromatic ring is 1. The third kappa shape index (κ3) is 4.36. The van der Waals surface area contributed by atoms with Crippen LogP contribution < -0.4 is 20.1 Å². The van der Waals surface area contributed by atoms with Crippen molar-refractivity contribution in [2.45, 2.75) is 0 Å². The Morgan fingerprint density at radius 1 is 1.13 bits per heavy atom. The summed E-state index contributed by atoms with van der Waals surface area (Å²) in [5.41, 5.74) is 6.85. The first-order valence-electron chi connectivity index (χ1n) is 9.65. The summed E-state index contributed by atoms with van der Waals surface area (Å²) >= 11 is 5.74. The van der Waals surface area contributed by atoms with Crippen LogP contribution in [0.3, 0.4) is 0 Å². The van der Waals surface area contributed by atoms with E-state index in [4.69, 9.17) is 31.2 Å². The third-order valence-electron chi connectivity index (χ3n) is 5.08. The highest BCUT2D eigenvalue weighted by Crippen LogP contribution is 2.34. The number of aromatic nitrogens is 2. The molecule has 4 rings (SSSR count). The van der Waals surface area contributed by atoms with Crippen molar-refractivity contribution < 1.29 is 18.7 Å². The first kappa shape index (κ1) is 20.8. The molecular weight excluding hydrogens is 422 g/mol. The monoisotopic (exact) mass is 443 g/mol. The van der Waals surface area contributed by atoms with Crippen LogP contribution in [-0.4, -0.2) is 61.2 Å². The van der Waals surface area contributed by atoms with E-state index >= 15 is 0 Å². The summed E-state index contributed by atoms with van der Waals surface area (Å²) in [5, 5.41) is 0.977. The number of halogens is 1. The summed E-state index contributed by atoms with van der Waals surface area (Å²) in [6, 6.07) is 6.88. The van der Waals surface area contributed by atoms with Gasteiger partial charge in [0.1, 0.15) is 11.6 Å². The van der Waals surface area contributed by atoms with Crippen LogP contribution in [0.1, 0.15) is 5.76 Å². The van der Waals surface area contributed by atoms with Crippen molar-refractivity contribution in [3.63, 3.8) is 0 Å². The van der Waals surface area contributed by atoms with Gasteiger partial charge in [0, 0.05) is 43.7 Å². The number of carbonyl (C=O) groups excluding carboxylic acids is 1. The van der Waals surface area contributed by atoms with E-state index in [1.165, 1.54) is 6.08 Å². The first-order valence-corrected chi connectivity index (χ1v) is 10.0. The summed E-state index contributed by atoms with van der Waals surface area (Å²) in [4.78, 5) is 25.3. The van der Waals surface area contributed by atoms with Crippen molar-refractivity contribution in [1.82, 2.24) is 14.9 Å². The van der Waals surface area contributed by atoms with Gasteiger partial charge in [0.05, 0.1) is 19.7 Å². The number of carbonyl (C=O) groups is 1. The van der Waals surface area contributed by atoms with E-state index in [0.717, 1.165) is 0 Å². The average molecular weight is 444 g/mol. The lowest BCUT2D eigenvalue weighted by Gasteiger charge is -2.34. The quantitative estimate of drug-likeness (QED) is 0.600. The highest BCUT2D eigenvalue weighted by Gasteiger charge is 2.22. The van der Waals surface area contributed by atoms with Gasteiger partial charge in [-0.1, -0.05) is 0 Å². The third-order valence-corrected chi connectivity index (χ3v) is 5.28. The second-order valence-corrected chi connectivity index (χ2v) is 7.29. The maximum atomic E-state index is 12.5. The standard InChI is InChI=1S/C21H22ClN5O4/c1-29-16-11-14-15(12-17(16)30-2)24-21(25-20(14)23)27-9-7-26(8-10-27)19(28)6-4-13-3-5-18(22)31-13/h3-6,11-12H,7-10H2,1-2H3,(H2,23,24,25)/b6-4+. The number of nitrogens with two attached hydrogens (primary N) is 1. The van der Waals surface area contributed by atoms with Crippen LogP contribution in [0.2, 0.25) is 5.22 Å². The molecule has 0 spiro atoms. The van der Waals surface area contributed by atoms with Crippen LogP contribution in [0.5, 0.6) is 11.5 Å². The van der Waals surface area contributed by atoms with Crippen LogP contribution in [-0.2, 0) is 4.79 Å². The number of anilines is 2. The lowest BCUT2D eigenvalue weighted by atomic mass is 10.2. The number of hydrogen-bond acceptors (Lipinski definition) is 8. The van der Waals surface area contributed by atoms with Crippen molar-refractivity contribution in [2.24, 2.45) is 0 Å². The number of methoxy groups -OCH3 is 2. The Labute approximate surface area is 184 Å². The molecule has 2 aromatic heterocycles. The van der Waals surface area contributed by atoms with Crippen LogP contribution in [0.15, 0.2) is 34.8 Å². The van der Waals surface area contributed by atoms with E-state index in [0.29, 0.717) is 66.1 Å². The second-order valence-electron chi connectivity index (χ2n) is 6.92. The van der Waals surface area contributed by atoms with Crippen LogP contribution in [0, 0.1) is 0 Å². The van der Waals surface area contributed by atoms with E-state index in [2.05, 4.69) is 9.97 Å². The van der Waals surface area contributed by atoms with E-state index in [1.807, 2.05) is 4.90 Å². The first-order chi connectivity index (χ1) is 15.0. The fraction of sp³-hybridized carbons (Fsp3) is 0.286. The van der Waals surface area contributed by atoms with Crippen LogP contribution in [0.25, 0.3) is 17.0 Å². The minimum Gasteiger partial charge on any atom is -0.493 e. The van der Waals surface area contributed by atoms with E-state index < -0.39 is 0 Å². The van der Waals surface area contributed by atoms with Crippen molar-refractivity contribution in [3.8, 4) is 11.5 Å². The van der Waals surface area contributed by atoms with Crippen LogP contribution in [0.4, 0.5) is 11.8 Å². The highest BCUT2D eigenvalue weighted by atomic mass is 35.5. The van der Waals surface area contributed by atoms with Gasteiger partial charge in [-0.05, 0) is 35.9 Å². The molecule has 10 heteroatoms. The zero-order valence-corrected chi connectivity index (χ0v) is 17.9. The van der Waals surface area contributed by atoms with Crippen molar-refractivity contribution >= 4 is 46.3 Å². The topological polar surface area (TPSA) is 107 Å². The van der Waals surface area contributed by atoms with Crippen molar-refractivity contribution in [1.29, 1.82) is 0 Å². The molecule has 0 atom stereocenters. The zero-order valence-electron chi connectivity index (χ0n) is 17.2. The Morgan fingerprint density at radius 3 is 2.48 bits per heavy atom. The molecule has 0 aliphatic carbocycles. The number of amides is 1. The van der Waals surface area contributed by atoms with Gasteiger partial charge in [-0.15, -0.1) is 0 Å². The lowest BCUT2D eigenvalue weighted by Crippen LogP contribution is -2.48. The summed E-state index contributed by atoms with van der Waals surface area (Å²) in [5.74, 6) is 2.45. The van der Waals surface area contributed by atoms with Gasteiger partial charge in [0.25, 0.3) is 0 Å². The SMILES string of the molecule is COc1cc2nc(N3CCN(C(=O)/C=C/c4ccc(Cl)o4)CC3)nc(N)c2cc1OC. The summed E-state index contributed by atoms with van der Waals surface area (Å²) in [7, 11) is 3.13. The Hall–Kier alpha value is -3.46. The minimum atomic E-state index is -0.0945. The lowest BCUT2D eigenvalue weighted by molar-refractivity contribution is -0.126. The molecule has 3 heterocycles. The van der Waals surface area contributed by atoms with Gasteiger partial charge >= 0.3 is 0 Å². The molecule has 0 saturated carbocycles. The maximum Gasteiger partial charge on any atom is 0.246 e. The fourth-order valence-electron chi connectivity index (χ4n) is 3.41. The normalized spacial score (nSPS) is 14.4. The smallest absolute Gasteiger partial charge is 0.246 e. The molecule has 0 unspecified atom stereocenters. The molecule has 31 heavy (non-hydrogen) atoms. The number of nitrogens with zero attached hydrogens (tertiary/aromatic N) is 4. The Kier molecular flexibility index (Phi) is 5.85. The number of ether oxygens (including phenoxy) is 2. The Morgan fingerprint density at radius 2 is 1.84 bits per heavy atom. The molecular formula is C21H22ClN5O4. The molecule has 0 radical (unpaired) electrons. The van der Waals surface area contributed by atoms with E-state index in [9.17, 15) is 4.79 Å². The van der Waals surface area contributed by atoms with Gasteiger partial charge in [0.15, 0.2) is 16.7 Å². The number of furan rings is 1. The molecule has 3 aromatic rings. The van der Waals surface area contributed by atoms with E-state index in [1.54, 1.807) is 49.5 Å². The summed E-state index contributed by atoms with van der Waals surface area (Å²) < 4.78 is 15.9. The van der Waals surface area contributed by atoms with Gasteiger partial charge in [-0.25, -0.2) is 4.98 Å². The molecule has 1 aliphatic rings.